The highest BCUT2D eigenvalue weighted by atomic mass is 16.6. The minimum Gasteiger partial charge on any atom is -0.506 e. The number of hydrogen-bond donors (Lipinski definition) is 5. The maximum Gasteiger partial charge on any atom is 0.408 e. The molecule has 2 amide bonds. The molecule has 0 spiro atoms. The van der Waals surface area contributed by atoms with Crippen molar-refractivity contribution in [2.45, 2.75) is 171 Å². The standard InChI is InChI=1S/2C20H24N2O2.2C15H16N2.C15H13NO.C9H7NO/c2*1-20(2,3)24-19(23)22-17-13-16(14-8-5-4-6-9-14)12-15-10-7-11-21-18(15)17;2*16-14-10-13(11-5-2-1-3-6-11)9-12-7-4-8-17-15(12)14;17-14-10-13(11-5-2-1-3-6-11)9-12-7-4-8-16-15(12)14;11-8-5-1-3-7-4-2-6-10-9(7)8/h2*4-11,16-17H,12-13H2,1-3H3,(H,22,23);2*1-8,13-14H,9-10,16H2;1-8,13H,9-10H2;1-6,11H/t16-,17+;16-,17-;13-,14+;13-,14-;;/m0000../s1. The molecule has 12 aromatic rings. The SMILES string of the molecule is CC(C)(C)OC(=O)N[C@@H]1C[C@@H](c2ccccc2)Cc2cccnc21.CC(C)(C)OC(=O)N[C@H]1C[C@@H](c2ccccc2)Cc2cccnc21.N[C@@H]1C[C@@H](c2ccccc2)Cc2cccnc21.N[C@H]1C[C@@H](c2ccccc2)Cc2cccnc21.O=C1CC(c2ccccc2)Cc2cccnc21.Oc1cccc2cccnc12. The first-order chi connectivity index (χ1) is 53.3. The van der Waals surface area contributed by atoms with Crippen molar-refractivity contribution in [2.75, 3.05) is 0 Å². The molecule has 562 valence electrons. The summed E-state index contributed by atoms with van der Waals surface area (Å²) in [7, 11) is 0. The molecule has 6 aromatic carbocycles. The molecule has 0 aliphatic heterocycles. The topological polar surface area (TPSA) is 243 Å². The molecule has 6 heterocycles. The fraction of sp³-hybridized carbons (Fsp3) is 0.287. The zero-order valence-electron chi connectivity index (χ0n) is 63.7. The van der Waals surface area contributed by atoms with Crippen molar-refractivity contribution in [2.24, 2.45) is 11.5 Å². The van der Waals surface area contributed by atoms with Gasteiger partial charge in [0.1, 0.15) is 28.2 Å². The number of ether oxygens (including phenoxy) is 2. The van der Waals surface area contributed by atoms with Gasteiger partial charge >= 0.3 is 12.2 Å². The van der Waals surface area contributed by atoms with Crippen LogP contribution in [0.15, 0.2) is 280 Å². The molecule has 7 N–H and O–H groups in total. The Morgan fingerprint density at radius 2 is 0.664 bits per heavy atom. The number of phenolic OH excluding ortho intramolecular Hbond substituents is 1. The van der Waals surface area contributed by atoms with E-state index >= 15 is 0 Å². The van der Waals surface area contributed by atoms with Gasteiger partial charge in [0.25, 0.3) is 0 Å². The second-order valence-electron chi connectivity index (χ2n) is 30.8. The number of ketones is 1. The molecule has 1 unspecified atom stereocenters. The highest BCUT2D eigenvalue weighted by molar-refractivity contribution is 5.97. The van der Waals surface area contributed by atoms with E-state index in [2.05, 4.69) is 186 Å². The van der Waals surface area contributed by atoms with Gasteiger partial charge in [0.2, 0.25) is 0 Å². The van der Waals surface area contributed by atoms with E-state index in [0.717, 1.165) is 91.5 Å². The molecular formula is C94H100N10O6. The number of hydrogen-bond acceptors (Lipinski definition) is 14. The number of nitrogens with one attached hydrogen (secondary N) is 2. The predicted octanol–water partition coefficient (Wildman–Crippen LogP) is 19.3. The number of nitrogens with zero attached hydrogens (tertiary/aromatic N) is 6. The fourth-order valence-corrected chi connectivity index (χ4v) is 15.4. The number of pyridine rings is 6. The molecule has 17 rings (SSSR count). The van der Waals surface area contributed by atoms with E-state index in [9.17, 15) is 19.5 Å². The molecule has 0 saturated carbocycles. The molecule has 0 radical (unpaired) electrons. The lowest BCUT2D eigenvalue weighted by molar-refractivity contribution is 0.0483. The van der Waals surface area contributed by atoms with Crippen LogP contribution in [-0.4, -0.2) is 64.2 Å². The number of phenols is 1. The first-order valence-corrected chi connectivity index (χ1v) is 38.3. The van der Waals surface area contributed by atoms with Gasteiger partial charge in [-0.15, -0.1) is 0 Å². The van der Waals surface area contributed by atoms with Gasteiger partial charge in [0.15, 0.2) is 5.78 Å². The average molecular weight is 1470 g/mol. The molecule has 6 aromatic heterocycles. The first kappa shape index (κ1) is 78.0. The van der Waals surface area contributed by atoms with Gasteiger partial charge < -0.3 is 36.7 Å². The van der Waals surface area contributed by atoms with Crippen LogP contribution in [0.5, 0.6) is 5.75 Å². The number of alkyl carbamates (subject to hydrolysis) is 2. The van der Waals surface area contributed by atoms with Gasteiger partial charge in [-0.3, -0.25) is 34.7 Å². The zero-order valence-corrected chi connectivity index (χ0v) is 63.7. The summed E-state index contributed by atoms with van der Waals surface area (Å²) in [6.45, 7) is 11.2. The van der Waals surface area contributed by atoms with Crippen molar-refractivity contribution in [3.63, 3.8) is 0 Å². The van der Waals surface area contributed by atoms with Crippen molar-refractivity contribution in [3.8, 4) is 5.75 Å². The number of carbonyl (C=O) groups excluding carboxylic acids is 3. The lowest BCUT2D eigenvalue weighted by Gasteiger charge is -2.32. The number of rotatable bonds is 7. The van der Waals surface area contributed by atoms with E-state index in [1.165, 1.54) is 50.1 Å². The summed E-state index contributed by atoms with van der Waals surface area (Å²) in [6, 6.07) is 81.7. The number of benzene rings is 6. The van der Waals surface area contributed by atoms with E-state index < -0.39 is 23.4 Å². The van der Waals surface area contributed by atoms with Crippen LogP contribution in [0.1, 0.15) is 216 Å². The van der Waals surface area contributed by atoms with Crippen LogP contribution in [0, 0.1) is 0 Å². The van der Waals surface area contributed by atoms with Crippen molar-refractivity contribution in [1.82, 2.24) is 40.5 Å². The molecule has 0 fully saturated rings. The van der Waals surface area contributed by atoms with Crippen molar-refractivity contribution in [3.05, 3.63) is 364 Å². The van der Waals surface area contributed by atoms with Crippen molar-refractivity contribution >= 4 is 28.9 Å². The Bertz CT molecular complexity index is 4740. The lowest BCUT2D eigenvalue weighted by Crippen LogP contribution is -2.37. The Labute approximate surface area is 646 Å². The Balaban J connectivity index is 0.000000125. The van der Waals surface area contributed by atoms with Crippen LogP contribution >= 0.6 is 0 Å². The number of amides is 2. The summed E-state index contributed by atoms with van der Waals surface area (Å²) >= 11 is 0. The summed E-state index contributed by atoms with van der Waals surface area (Å²) in [5, 5.41) is 16.3. The lowest BCUT2D eigenvalue weighted by atomic mass is 9.79. The maximum absolute atomic E-state index is 12.2. The summed E-state index contributed by atoms with van der Waals surface area (Å²) in [5.74, 6) is 2.50. The second kappa shape index (κ2) is 37.0. The number of aromatic nitrogens is 6. The summed E-state index contributed by atoms with van der Waals surface area (Å²) in [6.07, 6.45) is 19.0. The zero-order chi connectivity index (χ0) is 77.0. The Morgan fingerprint density at radius 3 is 1.05 bits per heavy atom. The second-order valence-corrected chi connectivity index (χ2v) is 30.8. The largest absolute Gasteiger partial charge is 0.506 e. The summed E-state index contributed by atoms with van der Waals surface area (Å²) in [4.78, 5) is 62.5. The molecule has 9 atom stereocenters. The smallest absolute Gasteiger partial charge is 0.408 e. The monoisotopic (exact) mass is 1460 g/mol. The third-order valence-electron chi connectivity index (χ3n) is 20.5. The van der Waals surface area contributed by atoms with Gasteiger partial charge in [-0.25, -0.2) is 9.59 Å². The highest BCUT2D eigenvalue weighted by Gasteiger charge is 2.35. The summed E-state index contributed by atoms with van der Waals surface area (Å²) in [5.41, 5.74) is 29.5. The number of para-hydroxylation sites is 1. The predicted molar refractivity (Wildman–Crippen MR) is 435 cm³/mol. The third-order valence-corrected chi connectivity index (χ3v) is 20.5. The van der Waals surface area contributed by atoms with Crippen LogP contribution in [0.2, 0.25) is 0 Å². The number of carbonyl (C=O) groups is 3. The van der Waals surface area contributed by atoms with E-state index in [0.29, 0.717) is 47.2 Å². The molecule has 110 heavy (non-hydrogen) atoms. The number of fused-ring (bicyclic) bond motifs is 6. The maximum atomic E-state index is 12.2. The molecule has 5 aliphatic carbocycles. The molecular weight excluding hydrogens is 1370 g/mol. The normalized spacial score (nSPS) is 19.9. The van der Waals surface area contributed by atoms with Crippen LogP contribution in [-0.2, 0) is 41.6 Å². The minimum absolute atomic E-state index is 0.0742. The Kier molecular flexibility index (Phi) is 26.2. The molecule has 5 aliphatic rings. The first-order valence-electron chi connectivity index (χ1n) is 38.3. The quantitative estimate of drug-likeness (QED) is 0.0997. The van der Waals surface area contributed by atoms with Gasteiger partial charge in [-0.05, 0) is 227 Å². The Hall–Kier alpha value is -11.6. The van der Waals surface area contributed by atoms with Crippen LogP contribution in [0.4, 0.5) is 9.59 Å². The molecule has 16 heteroatoms. The van der Waals surface area contributed by atoms with E-state index in [1.807, 2.05) is 139 Å². The van der Waals surface area contributed by atoms with E-state index in [1.54, 1.807) is 36.9 Å². The molecule has 0 saturated heterocycles. The number of aromatic hydroxyl groups is 1. The van der Waals surface area contributed by atoms with Crippen LogP contribution in [0.3, 0.4) is 0 Å². The van der Waals surface area contributed by atoms with Crippen LogP contribution < -0.4 is 22.1 Å². The van der Waals surface area contributed by atoms with Crippen molar-refractivity contribution < 1.29 is 29.0 Å². The fourth-order valence-electron chi connectivity index (χ4n) is 15.4. The van der Waals surface area contributed by atoms with E-state index in [4.69, 9.17) is 20.9 Å². The van der Waals surface area contributed by atoms with Gasteiger partial charge in [-0.2, -0.15) is 0 Å². The van der Waals surface area contributed by atoms with Gasteiger partial charge in [-0.1, -0.05) is 200 Å². The van der Waals surface area contributed by atoms with Crippen molar-refractivity contribution in [1.29, 1.82) is 0 Å². The number of Topliss-reactive ketones (excluding diaryl/α,β-unsaturated/α-hetero) is 1. The number of nitrogens with two attached hydrogens (primary N) is 2. The Morgan fingerprint density at radius 1 is 0.355 bits per heavy atom. The molecule has 0 bridgehead atoms. The third kappa shape index (κ3) is 21.4. The van der Waals surface area contributed by atoms with E-state index in [-0.39, 0.29) is 35.7 Å². The van der Waals surface area contributed by atoms with Crippen LogP contribution in [0.25, 0.3) is 10.9 Å². The summed E-state index contributed by atoms with van der Waals surface area (Å²) < 4.78 is 10.8. The molecule has 16 nitrogen and oxygen atoms in total. The van der Waals surface area contributed by atoms with Gasteiger partial charge in [0.05, 0.1) is 34.9 Å². The minimum atomic E-state index is -0.509. The van der Waals surface area contributed by atoms with Gasteiger partial charge in [0, 0.05) is 61.1 Å². The highest BCUT2D eigenvalue weighted by Crippen LogP contribution is 2.42. The average Bonchev–Trinajstić information content (AvgIpc) is 0.810.